The number of anilines is 1. The van der Waals surface area contributed by atoms with Crippen molar-refractivity contribution < 1.29 is 13.2 Å². The van der Waals surface area contributed by atoms with Gasteiger partial charge in [-0.2, -0.15) is 0 Å². The molecule has 0 radical (unpaired) electrons. The molecule has 24 heavy (non-hydrogen) atoms. The largest absolute Gasteiger partial charge is 0.491 e. The van der Waals surface area contributed by atoms with Crippen molar-refractivity contribution in [2.45, 2.75) is 6.92 Å². The van der Waals surface area contributed by atoms with Crippen LogP contribution in [0.2, 0.25) is 0 Å². The minimum atomic E-state index is -3.29. The molecule has 2 rings (SSSR count). The van der Waals surface area contributed by atoms with Gasteiger partial charge in [0, 0.05) is 30.2 Å². The standard InChI is InChI=1S/C17H23N3O3S/c1-13-11-14(19-24(4,21)22)5-6-15(13)16-12-18-8-7-17(16)23-10-9-20(2)3/h5-8,11-12,19H,9-10H2,1-4H3. The third kappa shape index (κ3) is 5.21. The van der Waals surface area contributed by atoms with E-state index in [1.807, 2.05) is 33.2 Å². The predicted octanol–water partition coefficient (Wildman–Crippen LogP) is 2.37. The Balaban J connectivity index is 2.28. The van der Waals surface area contributed by atoms with E-state index in [0.29, 0.717) is 12.3 Å². The molecule has 0 unspecified atom stereocenters. The molecule has 2 aromatic rings. The third-order valence-electron chi connectivity index (χ3n) is 3.40. The van der Waals surface area contributed by atoms with Crippen LogP contribution >= 0.6 is 0 Å². The van der Waals surface area contributed by atoms with Crippen LogP contribution in [-0.4, -0.2) is 51.8 Å². The number of hydrogen-bond donors (Lipinski definition) is 1. The highest BCUT2D eigenvalue weighted by molar-refractivity contribution is 7.92. The molecule has 1 aromatic heterocycles. The highest BCUT2D eigenvalue weighted by Gasteiger charge is 2.11. The van der Waals surface area contributed by atoms with Gasteiger partial charge in [0.05, 0.1) is 6.26 Å². The first-order valence-corrected chi connectivity index (χ1v) is 9.46. The van der Waals surface area contributed by atoms with Crippen LogP contribution in [0.25, 0.3) is 11.1 Å². The summed E-state index contributed by atoms with van der Waals surface area (Å²) in [6.07, 6.45) is 4.59. The summed E-state index contributed by atoms with van der Waals surface area (Å²) in [5.74, 6) is 0.763. The monoisotopic (exact) mass is 349 g/mol. The summed E-state index contributed by atoms with van der Waals surface area (Å²) >= 11 is 0. The fourth-order valence-electron chi connectivity index (χ4n) is 2.29. The van der Waals surface area contributed by atoms with Crippen molar-refractivity contribution in [1.29, 1.82) is 0 Å². The van der Waals surface area contributed by atoms with Crippen LogP contribution in [0.15, 0.2) is 36.7 Å². The van der Waals surface area contributed by atoms with Crippen molar-refractivity contribution in [3.8, 4) is 16.9 Å². The van der Waals surface area contributed by atoms with Crippen LogP contribution in [0.5, 0.6) is 5.75 Å². The zero-order valence-corrected chi connectivity index (χ0v) is 15.2. The lowest BCUT2D eigenvalue weighted by Crippen LogP contribution is -2.19. The summed E-state index contributed by atoms with van der Waals surface area (Å²) < 4.78 is 31.1. The van der Waals surface area contributed by atoms with Crippen LogP contribution in [0, 0.1) is 6.92 Å². The van der Waals surface area contributed by atoms with E-state index in [1.165, 1.54) is 0 Å². The molecule has 1 aromatic carbocycles. The Morgan fingerprint density at radius 1 is 1.21 bits per heavy atom. The number of aryl methyl sites for hydroxylation is 1. The van der Waals surface area contributed by atoms with E-state index in [4.69, 9.17) is 4.74 Å². The molecule has 0 aliphatic rings. The van der Waals surface area contributed by atoms with Crippen molar-refractivity contribution in [3.63, 3.8) is 0 Å². The summed E-state index contributed by atoms with van der Waals surface area (Å²) in [5, 5.41) is 0. The van der Waals surface area contributed by atoms with E-state index < -0.39 is 10.0 Å². The SMILES string of the molecule is Cc1cc(NS(C)(=O)=O)ccc1-c1cnccc1OCCN(C)C. The average Bonchev–Trinajstić information content (AvgIpc) is 2.46. The fraction of sp³-hybridized carbons (Fsp3) is 0.353. The summed E-state index contributed by atoms with van der Waals surface area (Å²) in [7, 11) is 0.698. The summed E-state index contributed by atoms with van der Waals surface area (Å²) in [6.45, 7) is 3.33. The Labute approximate surface area is 143 Å². The second-order valence-corrected chi connectivity index (χ2v) is 7.68. The Bertz CT molecular complexity index is 804. The Kier molecular flexibility index (Phi) is 5.80. The molecule has 1 N–H and O–H groups in total. The molecule has 0 saturated carbocycles. The molecule has 0 amide bonds. The number of sulfonamides is 1. The number of nitrogens with zero attached hydrogens (tertiary/aromatic N) is 2. The summed E-state index contributed by atoms with van der Waals surface area (Å²) in [4.78, 5) is 6.24. The van der Waals surface area contributed by atoms with Crippen molar-refractivity contribution in [2.24, 2.45) is 0 Å². The van der Waals surface area contributed by atoms with Gasteiger partial charge in [0.25, 0.3) is 0 Å². The van der Waals surface area contributed by atoms with Gasteiger partial charge in [-0.25, -0.2) is 8.42 Å². The Morgan fingerprint density at radius 3 is 2.58 bits per heavy atom. The number of aromatic nitrogens is 1. The first kappa shape index (κ1) is 18.2. The zero-order valence-electron chi connectivity index (χ0n) is 14.4. The molecule has 0 atom stereocenters. The Hall–Kier alpha value is -2.12. The second kappa shape index (κ2) is 7.63. The van der Waals surface area contributed by atoms with Gasteiger partial charge in [0.15, 0.2) is 0 Å². The van der Waals surface area contributed by atoms with E-state index in [1.54, 1.807) is 24.5 Å². The maximum absolute atomic E-state index is 11.3. The molecule has 6 nitrogen and oxygen atoms in total. The fourth-order valence-corrected chi connectivity index (χ4v) is 2.85. The molecule has 0 aliphatic heterocycles. The molecule has 0 spiro atoms. The highest BCUT2D eigenvalue weighted by Crippen LogP contribution is 2.32. The number of rotatable bonds is 7. The average molecular weight is 349 g/mol. The maximum atomic E-state index is 11.3. The second-order valence-electron chi connectivity index (χ2n) is 5.93. The summed E-state index contributed by atoms with van der Waals surface area (Å²) in [6, 6.07) is 7.25. The minimum absolute atomic E-state index is 0.540. The van der Waals surface area contributed by atoms with Crippen molar-refractivity contribution in [1.82, 2.24) is 9.88 Å². The number of nitrogens with one attached hydrogen (secondary N) is 1. The van der Waals surface area contributed by atoms with E-state index >= 15 is 0 Å². The lowest BCUT2D eigenvalue weighted by molar-refractivity contribution is 0.262. The van der Waals surface area contributed by atoms with Gasteiger partial charge >= 0.3 is 0 Å². The first-order valence-electron chi connectivity index (χ1n) is 7.56. The predicted molar refractivity (Wildman–Crippen MR) is 96.9 cm³/mol. The van der Waals surface area contributed by atoms with Gasteiger partial charge in [-0.15, -0.1) is 0 Å². The highest BCUT2D eigenvalue weighted by atomic mass is 32.2. The molecule has 0 saturated heterocycles. The van der Waals surface area contributed by atoms with Gasteiger partial charge in [-0.1, -0.05) is 6.07 Å². The number of hydrogen-bond acceptors (Lipinski definition) is 5. The van der Waals surface area contributed by atoms with Crippen molar-refractivity contribution in [2.75, 3.05) is 38.2 Å². The zero-order chi connectivity index (χ0) is 17.7. The number of likely N-dealkylation sites (N-methyl/N-ethyl adjacent to an activating group) is 1. The van der Waals surface area contributed by atoms with Crippen molar-refractivity contribution >= 4 is 15.7 Å². The van der Waals surface area contributed by atoms with Gasteiger partial charge < -0.3 is 9.64 Å². The normalized spacial score (nSPS) is 11.5. The molecule has 0 aliphatic carbocycles. The lowest BCUT2D eigenvalue weighted by Gasteiger charge is -2.15. The summed E-state index contributed by atoms with van der Waals surface area (Å²) in [5.41, 5.74) is 3.33. The molecule has 7 heteroatoms. The van der Waals surface area contributed by atoms with Crippen LogP contribution < -0.4 is 9.46 Å². The number of pyridine rings is 1. The van der Waals surface area contributed by atoms with Gasteiger partial charge in [0.1, 0.15) is 12.4 Å². The maximum Gasteiger partial charge on any atom is 0.229 e. The van der Waals surface area contributed by atoms with Gasteiger partial charge in [-0.3, -0.25) is 9.71 Å². The number of ether oxygens (including phenoxy) is 1. The minimum Gasteiger partial charge on any atom is -0.491 e. The molecular weight excluding hydrogens is 326 g/mol. The molecule has 130 valence electrons. The van der Waals surface area contributed by atoms with Crippen LogP contribution in [0.3, 0.4) is 0 Å². The first-order chi connectivity index (χ1) is 11.3. The number of benzene rings is 1. The van der Waals surface area contributed by atoms with E-state index in [0.717, 1.165) is 35.2 Å². The van der Waals surface area contributed by atoms with Crippen LogP contribution in [-0.2, 0) is 10.0 Å². The molecule has 0 bridgehead atoms. The molecule has 0 fully saturated rings. The third-order valence-corrected chi connectivity index (χ3v) is 4.00. The van der Waals surface area contributed by atoms with Gasteiger partial charge in [-0.05, 0) is 50.3 Å². The molecule has 1 heterocycles. The van der Waals surface area contributed by atoms with E-state index in [-0.39, 0.29) is 0 Å². The van der Waals surface area contributed by atoms with E-state index in [9.17, 15) is 8.42 Å². The Morgan fingerprint density at radius 2 is 1.96 bits per heavy atom. The van der Waals surface area contributed by atoms with Crippen LogP contribution in [0.4, 0.5) is 5.69 Å². The molecular formula is C17H23N3O3S. The van der Waals surface area contributed by atoms with Gasteiger partial charge in [0.2, 0.25) is 10.0 Å². The van der Waals surface area contributed by atoms with Crippen molar-refractivity contribution in [3.05, 3.63) is 42.2 Å². The van der Waals surface area contributed by atoms with Crippen LogP contribution in [0.1, 0.15) is 5.56 Å². The van der Waals surface area contributed by atoms with E-state index in [2.05, 4.69) is 14.6 Å². The lowest BCUT2D eigenvalue weighted by atomic mass is 10.0. The smallest absolute Gasteiger partial charge is 0.229 e. The quantitative estimate of drug-likeness (QED) is 0.831. The topological polar surface area (TPSA) is 71.5 Å².